The zero-order valence-corrected chi connectivity index (χ0v) is 17.7. The van der Waals surface area contributed by atoms with E-state index in [1.807, 2.05) is 31.2 Å². The minimum Gasteiger partial charge on any atom is -0.370 e. The second-order valence-electron chi connectivity index (χ2n) is 7.99. The van der Waals surface area contributed by atoms with Gasteiger partial charge in [-0.3, -0.25) is 14.9 Å². The number of aryl methyl sites for hydroxylation is 1. The highest BCUT2D eigenvalue weighted by Gasteiger charge is 2.25. The fourth-order valence-corrected chi connectivity index (χ4v) is 3.69. The van der Waals surface area contributed by atoms with Gasteiger partial charge in [-0.15, -0.1) is 0 Å². The van der Waals surface area contributed by atoms with Crippen LogP contribution in [0.5, 0.6) is 0 Å². The van der Waals surface area contributed by atoms with Crippen LogP contribution in [-0.2, 0) is 9.59 Å². The van der Waals surface area contributed by atoms with Crippen LogP contribution in [0.1, 0.15) is 30.4 Å². The first-order chi connectivity index (χ1) is 15.0. The van der Waals surface area contributed by atoms with Gasteiger partial charge in [0.25, 0.3) is 5.91 Å². The number of carbonyl (C=O) groups is 2. The number of anilines is 3. The van der Waals surface area contributed by atoms with Gasteiger partial charge < -0.3 is 10.6 Å². The molecule has 1 saturated heterocycles. The van der Waals surface area contributed by atoms with Gasteiger partial charge in [-0.05, 0) is 49.5 Å². The van der Waals surface area contributed by atoms with Crippen LogP contribution < -0.4 is 16.0 Å². The zero-order chi connectivity index (χ0) is 21.5. The SMILES string of the molecule is Cc1ccc(Cl)cc1Nc1cc(NCC2CC2)n2ncc(C=C3CC(=O)NC3=O)c2n1. The van der Waals surface area contributed by atoms with Crippen LogP contribution in [0.25, 0.3) is 11.7 Å². The van der Waals surface area contributed by atoms with Gasteiger partial charge in [-0.25, -0.2) is 4.98 Å². The van der Waals surface area contributed by atoms with Gasteiger partial charge >= 0.3 is 0 Å². The molecule has 1 aromatic carbocycles. The molecule has 1 aliphatic heterocycles. The van der Waals surface area contributed by atoms with Crippen LogP contribution in [0.15, 0.2) is 36.0 Å². The third kappa shape index (κ3) is 4.11. The molecule has 0 atom stereocenters. The molecule has 1 saturated carbocycles. The minimum atomic E-state index is -0.375. The van der Waals surface area contributed by atoms with E-state index < -0.39 is 0 Å². The van der Waals surface area contributed by atoms with Crippen molar-refractivity contribution < 1.29 is 9.59 Å². The van der Waals surface area contributed by atoms with Gasteiger partial charge in [0.2, 0.25) is 5.91 Å². The normalized spacial score (nSPS) is 17.4. The standard InChI is InChI=1S/C22H21ClN6O2/c1-12-2-5-16(23)8-17(12)26-18-9-19(24-10-13-3-4-13)29-21(27-18)15(11-25-29)6-14-7-20(30)28-22(14)31/h2,5-6,8-9,11,13,24H,3-4,7,10H2,1H3,(H,26,27)(H,28,30,31). The zero-order valence-electron chi connectivity index (χ0n) is 16.9. The number of hydrogen-bond donors (Lipinski definition) is 3. The summed E-state index contributed by atoms with van der Waals surface area (Å²) in [5, 5.41) is 14.2. The summed E-state index contributed by atoms with van der Waals surface area (Å²) in [4.78, 5) is 28.3. The van der Waals surface area contributed by atoms with E-state index in [1.54, 1.807) is 16.8 Å². The average Bonchev–Trinajstić information content (AvgIpc) is 3.40. The van der Waals surface area contributed by atoms with Crippen LogP contribution in [0.3, 0.4) is 0 Å². The molecule has 2 amide bonds. The molecule has 3 aromatic rings. The second kappa shape index (κ2) is 7.70. The maximum Gasteiger partial charge on any atom is 0.254 e. The van der Waals surface area contributed by atoms with Crippen molar-refractivity contribution >= 4 is 52.5 Å². The Morgan fingerprint density at radius 2 is 2.13 bits per heavy atom. The lowest BCUT2D eigenvalue weighted by Crippen LogP contribution is -2.19. The average molecular weight is 437 g/mol. The summed E-state index contributed by atoms with van der Waals surface area (Å²) in [6.45, 7) is 2.86. The molecule has 158 valence electrons. The van der Waals surface area contributed by atoms with Gasteiger partial charge in [0, 0.05) is 34.5 Å². The molecule has 2 aromatic heterocycles. The number of benzene rings is 1. The molecule has 5 rings (SSSR count). The monoisotopic (exact) mass is 436 g/mol. The summed E-state index contributed by atoms with van der Waals surface area (Å²) >= 11 is 6.17. The number of nitrogens with one attached hydrogen (secondary N) is 3. The molecule has 0 unspecified atom stereocenters. The fraction of sp³-hybridized carbons (Fsp3) is 0.273. The Balaban J connectivity index is 1.56. The maximum absolute atomic E-state index is 12.0. The number of aromatic nitrogens is 3. The third-order valence-electron chi connectivity index (χ3n) is 5.46. The molecule has 0 spiro atoms. The molecule has 3 N–H and O–H groups in total. The first-order valence-corrected chi connectivity index (χ1v) is 10.5. The Labute approximate surface area is 183 Å². The number of carbonyl (C=O) groups excluding carboxylic acids is 2. The summed E-state index contributed by atoms with van der Waals surface area (Å²) in [6.07, 6.45) is 5.85. The van der Waals surface area contributed by atoms with Crippen molar-refractivity contribution in [1.29, 1.82) is 0 Å². The van der Waals surface area contributed by atoms with Gasteiger partial charge in [0.15, 0.2) is 5.65 Å². The summed E-state index contributed by atoms with van der Waals surface area (Å²) in [5.41, 5.74) is 3.55. The quantitative estimate of drug-likeness (QED) is 0.402. The van der Waals surface area contributed by atoms with Crippen LogP contribution in [0.4, 0.5) is 17.3 Å². The molecule has 9 heteroatoms. The summed E-state index contributed by atoms with van der Waals surface area (Å²) in [6, 6.07) is 7.55. The van der Waals surface area contributed by atoms with Crippen molar-refractivity contribution in [1.82, 2.24) is 19.9 Å². The summed E-state index contributed by atoms with van der Waals surface area (Å²) in [7, 11) is 0. The van der Waals surface area contributed by atoms with E-state index in [-0.39, 0.29) is 18.2 Å². The van der Waals surface area contributed by atoms with E-state index >= 15 is 0 Å². The van der Waals surface area contributed by atoms with Crippen molar-refractivity contribution in [3.8, 4) is 0 Å². The molecular formula is C22H21ClN6O2. The number of amides is 2. The highest BCUT2D eigenvalue weighted by Crippen LogP contribution is 2.31. The predicted octanol–water partition coefficient (Wildman–Crippen LogP) is 3.69. The van der Waals surface area contributed by atoms with Crippen molar-refractivity contribution in [3.63, 3.8) is 0 Å². The summed E-state index contributed by atoms with van der Waals surface area (Å²) in [5.74, 6) is 1.44. The number of halogens is 1. The third-order valence-corrected chi connectivity index (χ3v) is 5.69. The Hall–Kier alpha value is -3.39. The van der Waals surface area contributed by atoms with Crippen molar-refractivity contribution in [2.45, 2.75) is 26.2 Å². The Morgan fingerprint density at radius 1 is 1.29 bits per heavy atom. The van der Waals surface area contributed by atoms with E-state index in [4.69, 9.17) is 16.6 Å². The second-order valence-corrected chi connectivity index (χ2v) is 8.43. The topological polar surface area (TPSA) is 100 Å². The van der Waals surface area contributed by atoms with E-state index in [9.17, 15) is 9.59 Å². The Kier molecular flexibility index (Phi) is 4.86. The molecule has 31 heavy (non-hydrogen) atoms. The smallest absolute Gasteiger partial charge is 0.254 e. The maximum atomic E-state index is 12.0. The number of nitrogens with zero attached hydrogens (tertiary/aromatic N) is 3. The Morgan fingerprint density at radius 3 is 2.87 bits per heavy atom. The van der Waals surface area contributed by atoms with Crippen LogP contribution >= 0.6 is 11.6 Å². The van der Waals surface area contributed by atoms with Crippen molar-refractivity contribution in [2.75, 3.05) is 17.2 Å². The van der Waals surface area contributed by atoms with Crippen LogP contribution in [-0.4, -0.2) is 33.0 Å². The number of imide groups is 1. The lowest BCUT2D eigenvalue weighted by molar-refractivity contribution is -0.124. The largest absolute Gasteiger partial charge is 0.370 e. The Bertz CT molecular complexity index is 1240. The van der Waals surface area contributed by atoms with Crippen molar-refractivity contribution in [3.05, 3.63) is 52.2 Å². The van der Waals surface area contributed by atoms with Gasteiger partial charge in [0.1, 0.15) is 11.6 Å². The molecular weight excluding hydrogens is 416 g/mol. The molecule has 3 heterocycles. The molecule has 0 radical (unpaired) electrons. The minimum absolute atomic E-state index is 0.0581. The molecule has 2 aliphatic rings. The number of rotatable bonds is 6. The van der Waals surface area contributed by atoms with Crippen LogP contribution in [0.2, 0.25) is 5.02 Å². The van der Waals surface area contributed by atoms with Gasteiger partial charge in [0.05, 0.1) is 12.6 Å². The lowest BCUT2D eigenvalue weighted by Gasteiger charge is -2.13. The number of fused-ring (bicyclic) bond motifs is 1. The lowest BCUT2D eigenvalue weighted by atomic mass is 10.1. The first-order valence-electron chi connectivity index (χ1n) is 10.2. The van der Waals surface area contributed by atoms with Crippen LogP contribution in [0, 0.1) is 12.8 Å². The highest BCUT2D eigenvalue weighted by molar-refractivity contribution is 6.30. The van der Waals surface area contributed by atoms with E-state index in [0.717, 1.165) is 23.6 Å². The summed E-state index contributed by atoms with van der Waals surface area (Å²) < 4.78 is 1.72. The molecule has 2 fully saturated rings. The van der Waals surface area contributed by atoms with E-state index in [2.05, 4.69) is 21.0 Å². The van der Waals surface area contributed by atoms with E-state index in [1.165, 1.54) is 12.8 Å². The molecule has 8 nitrogen and oxygen atoms in total. The van der Waals surface area contributed by atoms with Crippen molar-refractivity contribution in [2.24, 2.45) is 5.92 Å². The highest BCUT2D eigenvalue weighted by atomic mass is 35.5. The fourth-order valence-electron chi connectivity index (χ4n) is 3.52. The van der Waals surface area contributed by atoms with Gasteiger partial charge in [-0.2, -0.15) is 9.61 Å². The molecule has 0 bridgehead atoms. The molecule has 1 aliphatic carbocycles. The van der Waals surface area contributed by atoms with E-state index in [0.29, 0.717) is 33.5 Å². The first kappa shape index (κ1) is 19.6. The predicted molar refractivity (Wildman–Crippen MR) is 119 cm³/mol. The van der Waals surface area contributed by atoms with Gasteiger partial charge in [-0.1, -0.05) is 17.7 Å². The number of hydrogen-bond acceptors (Lipinski definition) is 6.